The van der Waals surface area contributed by atoms with Crippen LogP contribution in [-0.4, -0.2) is 15.0 Å². The Kier molecular flexibility index (Phi) is 5.46. The summed E-state index contributed by atoms with van der Waals surface area (Å²) in [5.74, 6) is 1.81. The molecule has 0 bridgehead atoms. The highest BCUT2D eigenvalue weighted by Crippen LogP contribution is 2.36. The van der Waals surface area contributed by atoms with Crippen LogP contribution in [0, 0.1) is 0 Å². The van der Waals surface area contributed by atoms with Gasteiger partial charge >= 0.3 is 0 Å². The first-order chi connectivity index (χ1) is 18.7. The second kappa shape index (κ2) is 9.25. The van der Waals surface area contributed by atoms with Crippen LogP contribution in [-0.2, 0) is 0 Å². The van der Waals surface area contributed by atoms with E-state index >= 15 is 0 Å². The smallest absolute Gasteiger partial charge is 0.164 e. The first-order valence-corrected chi connectivity index (χ1v) is 12.7. The summed E-state index contributed by atoms with van der Waals surface area (Å²) in [4.78, 5) is 14.9. The van der Waals surface area contributed by atoms with Gasteiger partial charge in [-0.2, -0.15) is 0 Å². The number of para-hydroxylation sites is 1. The molecule has 0 aliphatic rings. The lowest BCUT2D eigenvalue weighted by molar-refractivity contribution is 0.669. The summed E-state index contributed by atoms with van der Waals surface area (Å²) >= 11 is 6.27. The van der Waals surface area contributed by atoms with E-state index in [4.69, 9.17) is 31.0 Å². The lowest BCUT2D eigenvalue weighted by atomic mass is 10.0. The molecule has 0 saturated carbocycles. The molecule has 0 spiro atoms. The standard InChI is InChI=1S/C33H20ClN3O/c34-25-14-7-12-23(20-25)22-11-6-13-24(19-22)32-35-31(21-9-2-1-3-10-21)36-33(37-32)27-16-8-18-29-30(27)26-15-4-5-17-28(26)38-29/h1-20H. The molecule has 7 rings (SSSR count). The van der Waals surface area contributed by atoms with E-state index in [0.717, 1.165) is 49.8 Å². The summed E-state index contributed by atoms with van der Waals surface area (Å²) in [6, 6.07) is 40.1. The number of fused-ring (bicyclic) bond motifs is 3. The maximum Gasteiger partial charge on any atom is 0.164 e. The number of halogens is 1. The van der Waals surface area contributed by atoms with Gasteiger partial charge in [-0.25, -0.2) is 15.0 Å². The first-order valence-electron chi connectivity index (χ1n) is 12.3. The van der Waals surface area contributed by atoms with Crippen LogP contribution < -0.4 is 0 Å². The van der Waals surface area contributed by atoms with Crippen molar-refractivity contribution in [3.8, 4) is 45.3 Å². The molecule has 0 N–H and O–H groups in total. The third kappa shape index (κ3) is 4.01. The van der Waals surface area contributed by atoms with E-state index in [1.165, 1.54) is 0 Å². The molecule has 5 heteroatoms. The third-order valence-corrected chi connectivity index (χ3v) is 6.82. The number of furan rings is 1. The highest BCUT2D eigenvalue weighted by atomic mass is 35.5. The van der Waals surface area contributed by atoms with Gasteiger partial charge in [-0.05, 0) is 41.5 Å². The molecule has 2 heterocycles. The SMILES string of the molecule is Clc1cccc(-c2cccc(-c3nc(-c4ccccc4)nc(-c4cccc5oc6ccccc6c45)n3)c2)c1. The van der Waals surface area contributed by atoms with Crippen molar-refractivity contribution < 1.29 is 4.42 Å². The molecule has 0 amide bonds. The fraction of sp³-hybridized carbons (Fsp3) is 0. The van der Waals surface area contributed by atoms with Crippen LogP contribution >= 0.6 is 11.6 Å². The van der Waals surface area contributed by atoms with Gasteiger partial charge in [0, 0.05) is 32.5 Å². The number of nitrogens with zero attached hydrogens (tertiary/aromatic N) is 3. The summed E-state index contributed by atoms with van der Waals surface area (Å²) in [6.45, 7) is 0. The summed E-state index contributed by atoms with van der Waals surface area (Å²) in [5.41, 5.74) is 6.43. The van der Waals surface area contributed by atoms with Crippen molar-refractivity contribution in [2.45, 2.75) is 0 Å². The fourth-order valence-corrected chi connectivity index (χ4v) is 5.00. The Bertz CT molecular complexity index is 1950. The summed E-state index contributed by atoms with van der Waals surface area (Å²) in [7, 11) is 0. The predicted octanol–water partition coefficient (Wildman–Crippen LogP) is 9.09. The van der Waals surface area contributed by atoms with E-state index in [1.807, 2.05) is 103 Å². The average molecular weight is 510 g/mol. The van der Waals surface area contributed by atoms with Crippen molar-refractivity contribution in [2.75, 3.05) is 0 Å². The minimum atomic E-state index is 0.596. The molecule has 38 heavy (non-hydrogen) atoms. The molecule has 0 radical (unpaired) electrons. The number of hydrogen-bond acceptors (Lipinski definition) is 4. The second-order valence-corrected chi connectivity index (χ2v) is 9.48. The Morgan fingerprint density at radius 3 is 1.92 bits per heavy atom. The van der Waals surface area contributed by atoms with Crippen LogP contribution in [0.4, 0.5) is 0 Å². The summed E-state index contributed by atoms with van der Waals surface area (Å²) in [5, 5.41) is 2.72. The number of rotatable bonds is 4. The van der Waals surface area contributed by atoms with E-state index in [1.54, 1.807) is 0 Å². The zero-order valence-electron chi connectivity index (χ0n) is 20.2. The van der Waals surface area contributed by atoms with Gasteiger partial charge in [-0.1, -0.05) is 103 Å². The monoisotopic (exact) mass is 509 g/mol. The highest BCUT2D eigenvalue weighted by Gasteiger charge is 2.17. The molecule has 4 nitrogen and oxygen atoms in total. The molecule has 180 valence electrons. The van der Waals surface area contributed by atoms with Crippen molar-refractivity contribution in [3.63, 3.8) is 0 Å². The average Bonchev–Trinajstić information content (AvgIpc) is 3.36. The largest absolute Gasteiger partial charge is 0.456 e. The summed E-state index contributed by atoms with van der Waals surface area (Å²) < 4.78 is 6.14. The van der Waals surface area contributed by atoms with Crippen molar-refractivity contribution >= 4 is 33.5 Å². The first kappa shape index (κ1) is 22.4. The maximum atomic E-state index is 6.27. The molecule has 5 aromatic carbocycles. The van der Waals surface area contributed by atoms with Crippen LogP contribution in [0.15, 0.2) is 126 Å². The lowest BCUT2D eigenvalue weighted by Crippen LogP contribution is -2.00. The van der Waals surface area contributed by atoms with E-state index in [0.29, 0.717) is 22.5 Å². The van der Waals surface area contributed by atoms with Gasteiger partial charge in [0.25, 0.3) is 0 Å². The Hall–Kier alpha value is -4.80. The Morgan fingerprint density at radius 1 is 0.474 bits per heavy atom. The molecule has 0 unspecified atom stereocenters. The van der Waals surface area contributed by atoms with Crippen LogP contribution in [0.25, 0.3) is 67.2 Å². The van der Waals surface area contributed by atoms with Crippen molar-refractivity contribution in [1.82, 2.24) is 15.0 Å². The Labute approximate surface area is 224 Å². The minimum Gasteiger partial charge on any atom is -0.456 e. The quantitative estimate of drug-likeness (QED) is 0.237. The van der Waals surface area contributed by atoms with E-state index in [2.05, 4.69) is 18.2 Å². The Balaban J connectivity index is 1.46. The van der Waals surface area contributed by atoms with E-state index in [-0.39, 0.29) is 0 Å². The van der Waals surface area contributed by atoms with Gasteiger partial charge < -0.3 is 4.42 Å². The van der Waals surface area contributed by atoms with Crippen molar-refractivity contribution in [1.29, 1.82) is 0 Å². The molecular formula is C33H20ClN3O. The zero-order chi connectivity index (χ0) is 25.5. The number of aromatic nitrogens is 3. The van der Waals surface area contributed by atoms with Gasteiger partial charge in [0.1, 0.15) is 11.2 Å². The Morgan fingerprint density at radius 2 is 1.08 bits per heavy atom. The maximum absolute atomic E-state index is 6.27. The second-order valence-electron chi connectivity index (χ2n) is 9.04. The predicted molar refractivity (Wildman–Crippen MR) is 154 cm³/mol. The fourth-order valence-electron chi connectivity index (χ4n) is 4.81. The summed E-state index contributed by atoms with van der Waals surface area (Å²) in [6.07, 6.45) is 0. The van der Waals surface area contributed by atoms with Gasteiger partial charge in [0.2, 0.25) is 0 Å². The topological polar surface area (TPSA) is 51.8 Å². The number of benzene rings is 5. The van der Waals surface area contributed by atoms with Crippen molar-refractivity contribution in [3.05, 3.63) is 126 Å². The van der Waals surface area contributed by atoms with Gasteiger partial charge in [-0.15, -0.1) is 0 Å². The van der Waals surface area contributed by atoms with E-state index in [9.17, 15) is 0 Å². The van der Waals surface area contributed by atoms with Crippen LogP contribution in [0.5, 0.6) is 0 Å². The van der Waals surface area contributed by atoms with E-state index < -0.39 is 0 Å². The highest BCUT2D eigenvalue weighted by molar-refractivity contribution is 6.30. The third-order valence-electron chi connectivity index (χ3n) is 6.59. The van der Waals surface area contributed by atoms with Crippen LogP contribution in [0.1, 0.15) is 0 Å². The van der Waals surface area contributed by atoms with Gasteiger partial charge in [0.05, 0.1) is 0 Å². The molecule has 0 atom stereocenters. The minimum absolute atomic E-state index is 0.596. The van der Waals surface area contributed by atoms with Gasteiger partial charge in [0.15, 0.2) is 17.5 Å². The van der Waals surface area contributed by atoms with Crippen LogP contribution in [0.3, 0.4) is 0 Å². The molecule has 0 fully saturated rings. The molecule has 0 aliphatic carbocycles. The normalized spacial score (nSPS) is 11.3. The number of hydrogen-bond donors (Lipinski definition) is 0. The zero-order valence-corrected chi connectivity index (χ0v) is 20.9. The van der Waals surface area contributed by atoms with Crippen LogP contribution in [0.2, 0.25) is 5.02 Å². The molecular weight excluding hydrogens is 490 g/mol. The lowest BCUT2D eigenvalue weighted by Gasteiger charge is -2.10. The molecule has 0 saturated heterocycles. The molecule has 0 aliphatic heterocycles. The van der Waals surface area contributed by atoms with Crippen molar-refractivity contribution in [2.24, 2.45) is 0 Å². The van der Waals surface area contributed by atoms with Gasteiger partial charge in [-0.3, -0.25) is 0 Å². The molecule has 7 aromatic rings. The molecule has 2 aromatic heterocycles.